The van der Waals surface area contributed by atoms with Gasteiger partial charge < -0.3 is 9.84 Å². The number of hydrogen-bond donors (Lipinski definition) is 1. The predicted octanol–water partition coefficient (Wildman–Crippen LogP) is 2.12. The Morgan fingerprint density at radius 1 is 1.29 bits per heavy atom. The van der Waals surface area contributed by atoms with Crippen LogP contribution in [-0.2, 0) is 12.2 Å². The summed E-state index contributed by atoms with van der Waals surface area (Å²) in [6, 6.07) is 10.2. The molecule has 2 rings (SSSR count). The van der Waals surface area contributed by atoms with Crippen LogP contribution in [0.25, 0.3) is 0 Å². The standard InChI is InChI=1S/C12H15N3OS/c1-13-8-7-12-14-11(15-16-12)9-17-10-5-3-2-4-6-10/h2-6,13H,7-9H2,1H3. The lowest BCUT2D eigenvalue weighted by Crippen LogP contribution is -2.10. The molecule has 17 heavy (non-hydrogen) atoms. The van der Waals surface area contributed by atoms with Crippen LogP contribution in [-0.4, -0.2) is 23.7 Å². The Kier molecular flexibility index (Phi) is 4.58. The van der Waals surface area contributed by atoms with Gasteiger partial charge in [0.05, 0.1) is 5.75 Å². The first-order valence-corrected chi connectivity index (χ1v) is 6.51. The largest absolute Gasteiger partial charge is 0.339 e. The van der Waals surface area contributed by atoms with E-state index in [9.17, 15) is 0 Å². The fraction of sp³-hybridized carbons (Fsp3) is 0.333. The highest BCUT2D eigenvalue weighted by molar-refractivity contribution is 7.98. The van der Waals surface area contributed by atoms with Gasteiger partial charge in [0.1, 0.15) is 0 Å². The Labute approximate surface area is 105 Å². The van der Waals surface area contributed by atoms with Gasteiger partial charge in [-0.3, -0.25) is 0 Å². The van der Waals surface area contributed by atoms with Crippen LogP contribution in [0.2, 0.25) is 0 Å². The van der Waals surface area contributed by atoms with Gasteiger partial charge >= 0.3 is 0 Å². The van der Waals surface area contributed by atoms with Gasteiger partial charge in [-0.2, -0.15) is 4.98 Å². The maximum Gasteiger partial charge on any atom is 0.227 e. The molecule has 5 heteroatoms. The summed E-state index contributed by atoms with van der Waals surface area (Å²) in [6.07, 6.45) is 0.777. The molecule has 0 bridgehead atoms. The summed E-state index contributed by atoms with van der Waals surface area (Å²) < 4.78 is 5.14. The third-order valence-corrected chi connectivity index (χ3v) is 3.22. The highest BCUT2D eigenvalue weighted by Crippen LogP contribution is 2.20. The zero-order valence-corrected chi connectivity index (χ0v) is 10.5. The van der Waals surface area contributed by atoms with Crippen molar-refractivity contribution in [2.45, 2.75) is 17.1 Å². The van der Waals surface area contributed by atoms with E-state index in [1.54, 1.807) is 11.8 Å². The van der Waals surface area contributed by atoms with E-state index in [4.69, 9.17) is 4.52 Å². The first kappa shape index (κ1) is 12.1. The fourth-order valence-corrected chi connectivity index (χ4v) is 2.11. The van der Waals surface area contributed by atoms with Crippen LogP contribution >= 0.6 is 11.8 Å². The summed E-state index contributed by atoms with van der Waals surface area (Å²) in [5.41, 5.74) is 0. The van der Waals surface area contributed by atoms with E-state index in [0.717, 1.165) is 24.5 Å². The number of benzene rings is 1. The van der Waals surface area contributed by atoms with E-state index >= 15 is 0 Å². The smallest absolute Gasteiger partial charge is 0.227 e. The van der Waals surface area contributed by atoms with E-state index in [1.807, 2.05) is 25.2 Å². The Balaban J connectivity index is 1.85. The lowest BCUT2D eigenvalue weighted by atomic mass is 10.4. The molecular weight excluding hydrogens is 234 g/mol. The normalized spacial score (nSPS) is 10.6. The summed E-state index contributed by atoms with van der Waals surface area (Å²) in [5.74, 6) is 2.19. The lowest BCUT2D eigenvalue weighted by molar-refractivity contribution is 0.373. The van der Waals surface area contributed by atoms with Crippen molar-refractivity contribution in [3.8, 4) is 0 Å². The summed E-state index contributed by atoms with van der Waals surface area (Å²) in [6.45, 7) is 0.855. The van der Waals surface area contributed by atoms with Gasteiger partial charge in [0.2, 0.25) is 5.89 Å². The molecule has 0 saturated carbocycles. The number of rotatable bonds is 6. The molecule has 0 fully saturated rings. The van der Waals surface area contributed by atoms with Crippen molar-refractivity contribution in [3.05, 3.63) is 42.0 Å². The van der Waals surface area contributed by atoms with Crippen molar-refractivity contribution in [2.75, 3.05) is 13.6 Å². The third-order valence-electron chi connectivity index (χ3n) is 2.21. The van der Waals surface area contributed by atoms with Crippen molar-refractivity contribution in [2.24, 2.45) is 0 Å². The number of aromatic nitrogens is 2. The molecule has 0 radical (unpaired) electrons. The molecule has 2 aromatic rings. The average molecular weight is 249 g/mol. The van der Waals surface area contributed by atoms with E-state index in [-0.39, 0.29) is 0 Å². The van der Waals surface area contributed by atoms with Gasteiger partial charge in [-0.05, 0) is 19.2 Å². The molecule has 90 valence electrons. The minimum absolute atomic E-state index is 0.697. The number of hydrogen-bond acceptors (Lipinski definition) is 5. The Bertz CT molecular complexity index is 444. The zero-order chi connectivity index (χ0) is 11.9. The molecule has 0 unspecified atom stereocenters. The van der Waals surface area contributed by atoms with E-state index in [0.29, 0.717) is 5.89 Å². The van der Waals surface area contributed by atoms with Crippen LogP contribution in [0, 0.1) is 0 Å². The van der Waals surface area contributed by atoms with Crippen LogP contribution in [0.5, 0.6) is 0 Å². The van der Waals surface area contributed by atoms with Crippen LogP contribution in [0.1, 0.15) is 11.7 Å². The minimum atomic E-state index is 0.697. The maximum absolute atomic E-state index is 5.14. The predicted molar refractivity (Wildman–Crippen MR) is 67.9 cm³/mol. The molecule has 0 amide bonds. The summed E-state index contributed by atoms with van der Waals surface area (Å²) in [5, 5.41) is 7.00. The molecular formula is C12H15N3OS. The second-order valence-electron chi connectivity index (χ2n) is 3.56. The zero-order valence-electron chi connectivity index (χ0n) is 9.72. The van der Waals surface area contributed by atoms with E-state index < -0.39 is 0 Å². The minimum Gasteiger partial charge on any atom is -0.339 e. The summed E-state index contributed by atoms with van der Waals surface area (Å²) in [7, 11) is 1.91. The summed E-state index contributed by atoms with van der Waals surface area (Å²) >= 11 is 1.71. The monoisotopic (exact) mass is 249 g/mol. The number of nitrogens with one attached hydrogen (secondary N) is 1. The molecule has 1 aromatic heterocycles. The number of nitrogens with zero attached hydrogens (tertiary/aromatic N) is 2. The van der Waals surface area contributed by atoms with E-state index in [1.165, 1.54) is 4.90 Å². The van der Waals surface area contributed by atoms with Crippen molar-refractivity contribution >= 4 is 11.8 Å². The number of thioether (sulfide) groups is 1. The highest BCUT2D eigenvalue weighted by Gasteiger charge is 2.05. The molecule has 0 atom stereocenters. The molecule has 4 nitrogen and oxygen atoms in total. The molecule has 0 saturated heterocycles. The summed E-state index contributed by atoms with van der Waals surface area (Å²) in [4.78, 5) is 5.54. The lowest BCUT2D eigenvalue weighted by Gasteiger charge is -1.96. The van der Waals surface area contributed by atoms with Crippen LogP contribution in [0.15, 0.2) is 39.8 Å². The second-order valence-corrected chi connectivity index (χ2v) is 4.61. The van der Waals surface area contributed by atoms with Crippen LogP contribution < -0.4 is 5.32 Å². The van der Waals surface area contributed by atoms with Crippen molar-refractivity contribution in [1.82, 2.24) is 15.5 Å². The molecule has 0 aliphatic carbocycles. The first-order chi connectivity index (χ1) is 8.38. The van der Waals surface area contributed by atoms with Crippen molar-refractivity contribution in [1.29, 1.82) is 0 Å². The third kappa shape index (κ3) is 3.87. The molecule has 1 heterocycles. The quantitative estimate of drug-likeness (QED) is 0.795. The topological polar surface area (TPSA) is 51.0 Å². The molecule has 1 aromatic carbocycles. The van der Waals surface area contributed by atoms with Gasteiger partial charge in [-0.25, -0.2) is 0 Å². The molecule has 1 N–H and O–H groups in total. The van der Waals surface area contributed by atoms with Gasteiger partial charge in [0, 0.05) is 17.9 Å². The SMILES string of the molecule is CNCCc1nc(CSc2ccccc2)no1. The Morgan fingerprint density at radius 3 is 2.88 bits per heavy atom. The van der Waals surface area contributed by atoms with E-state index in [2.05, 4.69) is 27.6 Å². The molecule has 0 aliphatic rings. The first-order valence-electron chi connectivity index (χ1n) is 5.52. The maximum atomic E-state index is 5.14. The highest BCUT2D eigenvalue weighted by atomic mass is 32.2. The average Bonchev–Trinajstić information content (AvgIpc) is 2.83. The van der Waals surface area contributed by atoms with Gasteiger partial charge in [0.25, 0.3) is 0 Å². The Hall–Kier alpha value is -1.33. The molecule has 0 spiro atoms. The second kappa shape index (κ2) is 6.42. The van der Waals surface area contributed by atoms with Gasteiger partial charge in [0.15, 0.2) is 5.82 Å². The Morgan fingerprint density at radius 2 is 2.12 bits per heavy atom. The number of likely N-dealkylation sites (N-methyl/N-ethyl adjacent to an activating group) is 1. The van der Waals surface area contributed by atoms with Crippen LogP contribution in [0.4, 0.5) is 0 Å². The molecule has 0 aliphatic heterocycles. The van der Waals surface area contributed by atoms with Gasteiger partial charge in [-0.1, -0.05) is 23.4 Å². The van der Waals surface area contributed by atoms with Crippen LogP contribution in [0.3, 0.4) is 0 Å². The fourth-order valence-electron chi connectivity index (χ4n) is 1.35. The van der Waals surface area contributed by atoms with Crippen molar-refractivity contribution < 1.29 is 4.52 Å². The van der Waals surface area contributed by atoms with Crippen molar-refractivity contribution in [3.63, 3.8) is 0 Å². The van der Waals surface area contributed by atoms with Gasteiger partial charge in [-0.15, -0.1) is 11.8 Å².